The quantitative estimate of drug-likeness (QED) is 0.0747. The average molecular weight is 734 g/mol. The maximum Gasteiger partial charge on any atom is 0.343 e. The summed E-state index contributed by atoms with van der Waals surface area (Å²) < 4.78 is 12.5. The summed E-state index contributed by atoms with van der Waals surface area (Å²) in [4.78, 5) is 49.4. The van der Waals surface area contributed by atoms with E-state index in [1.807, 2.05) is 0 Å². The SMILES string of the molecule is O=C(CCCC(=O)N/N=C\c1cc(Br)ccc1OC(=O)c1ccccc1)N/N=C\c1cc(Br)ccc1OC(=O)c1ccccc1. The Hall–Kier alpha value is -4.94. The lowest BCUT2D eigenvalue weighted by molar-refractivity contribution is -0.122. The maximum atomic E-state index is 12.5. The first kappa shape index (κ1) is 33.0. The Labute approximate surface area is 275 Å². The predicted molar refractivity (Wildman–Crippen MR) is 176 cm³/mol. The van der Waals surface area contributed by atoms with Crippen molar-refractivity contribution in [2.24, 2.45) is 10.2 Å². The molecule has 0 aliphatic carbocycles. The number of hydrogen-bond acceptors (Lipinski definition) is 8. The number of hydrazone groups is 2. The molecule has 0 aromatic heterocycles. The third kappa shape index (κ3) is 10.6. The van der Waals surface area contributed by atoms with Crippen molar-refractivity contribution in [1.29, 1.82) is 0 Å². The number of hydrogen-bond donors (Lipinski definition) is 2. The van der Waals surface area contributed by atoms with Crippen molar-refractivity contribution in [2.45, 2.75) is 19.3 Å². The topological polar surface area (TPSA) is 136 Å². The minimum absolute atomic E-state index is 0.0357. The van der Waals surface area contributed by atoms with Gasteiger partial charge >= 0.3 is 11.9 Å². The fourth-order valence-corrected chi connectivity index (χ4v) is 4.52. The molecule has 0 saturated heterocycles. The number of nitrogens with zero attached hydrogens (tertiary/aromatic N) is 2. The summed E-state index contributed by atoms with van der Waals surface area (Å²) in [6, 6.07) is 27.2. The number of amides is 2. The molecular weight excluding hydrogens is 708 g/mol. The molecule has 228 valence electrons. The largest absolute Gasteiger partial charge is 0.422 e. The Balaban J connectivity index is 1.23. The zero-order chi connectivity index (χ0) is 32.0. The van der Waals surface area contributed by atoms with Crippen molar-refractivity contribution in [2.75, 3.05) is 0 Å². The monoisotopic (exact) mass is 732 g/mol. The van der Waals surface area contributed by atoms with Crippen LogP contribution in [0, 0.1) is 0 Å². The van der Waals surface area contributed by atoms with Crippen molar-refractivity contribution in [3.05, 3.63) is 128 Å². The molecule has 0 aliphatic rings. The van der Waals surface area contributed by atoms with Gasteiger partial charge < -0.3 is 9.47 Å². The van der Waals surface area contributed by atoms with Crippen LogP contribution >= 0.6 is 31.9 Å². The Morgan fingerprint density at radius 3 is 1.40 bits per heavy atom. The molecule has 0 heterocycles. The van der Waals surface area contributed by atoms with Gasteiger partial charge in [-0.2, -0.15) is 10.2 Å². The van der Waals surface area contributed by atoms with Crippen LogP contribution in [0.15, 0.2) is 116 Å². The maximum absolute atomic E-state index is 12.5. The van der Waals surface area contributed by atoms with Crippen molar-refractivity contribution in [3.8, 4) is 11.5 Å². The minimum Gasteiger partial charge on any atom is -0.422 e. The van der Waals surface area contributed by atoms with Crippen molar-refractivity contribution >= 4 is 68.0 Å². The zero-order valence-electron chi connectivity index (χ0n) is 23.6. The third-order valence-corrected chi connectivity index (χ3v) is 6.95. The number of nitrogens with one attached hydrogen (secondary N) is 2. The molecule has 0 atom stereocenters. The van der Waals surface area contributed by atoms with Crippen molar-refractivity contribution in [3.63, 3.8) is 0 Å². The lowest BCUT2D eigenvalue weighted by Gasteiger charge is -2.08. The van der Waals surface area contributed by atoms with Gasteiger partial charge in [0.15, 0.2) is 0 Å². The second-order valence-corrected chi connectivity index (χ2v) is 11.1. The van der Waals surface area contributed by atoms with Gasteiger partial charge in [-0.05, 0) is 67.1 Å². The highest BCUT2D eigenvalue weighted by Crippen LogP contribution is 2.24. The van der Waals surface area contributed by atoms with Gasteiger partial charge in [0, 0.05) is 32.9 Å². The molecule has 0 fully saturated rings. The van der Waals surface area contributed by atoms with Crippen LogP contribution in [0.5, 0.6) is 11.5 Å². The Bertz CT molecular complexity index is 1600. The van der Waals surface area contributed by atoms with E-state index >= 15 is 0 Å². The molecule has 4 rings (SSSR count). The average Bonchev–Trinajstić information content (AvgIpc) is 3.04. The van der Waals surface area contributed by atoms with Crippen LogP contribution in [0.25, 0.3) is 0 Å². The Kier molecular flexibility index (Phi) is 12.3. The molecule has 0 spiro atoms. The Morgan fingerprint density at radius 1 is 0.600 bits per heavy atom. The molecule has 2 N–H and O–H groups in total. The first-order valence-corrected chi connectivity index (χ1v) is 15.1. The number of benzene rings is 4. The normalized spacial score (nSPS) is 10.9. The van der Waals surface area contributed by atoms with Crippen LogP contribution in [-0.4, -0.2) is 36.2 Å². The van der Waals surface area contributed by atoms with Gasteiger partial charge in [-0.25, -0.2) is 20.4 Å². The number of carbonyl (C=O) groups is 4. The van der Waals surface area contributed by atoms with E-state index in [0.717, 1.165) is 8.95 Å². The van der Waals surface area contributed by atoms with Crippen molar-refractivity contribution in [1.82, 2.24) is 10.9 Å². The van der Waals surface area contributed by atoms with Gasteiger partial charge in [-0.3, -0.25) is 9.59 Å². The van der Waals surface area contributed by atoms with Crippen LogP contribution in [0.1, 0.15) is 51.1 Å². The van der Waals surface area contributed by atoms with Gasteiger partial charge in [0.2, 0.25) is 11.8 Å². The van der Waals surface area contributed by atoms with E-state index in [2.05, 4.69) is 52.9 Å². The van der Waals surface area contributed by atoms with E-state index < -0.39 is 23.8 Å². The summed E-state index contributed by atoms with van der Waals surface area (Å²) in [6.45, 7) is 0. The molecule has 12 heteroatoms. The lowest BCUT2D eigenvalue weighted by Crippen LogP contribution is -2.20. The van der Waals surface area contributed by atoms with E-state index in [0.29, 0.717) is 22.3 Å². The van der Waals surface area contributed by atoms with Gasteiger partial charge in [0.1, 0.15) is 11.5 Å². The predicted octanol–water partition coefficient (Wildman–Crippen LogP) is 6.42. The highest BCUT2D eigenvalue weighted by Gasteiger charge is 2.13. The number of carbonyl (C=O) groups excluding carboxylic acids is 4. The molecule has 2 amide bonds. The molecule has 0 unspecified atom stereocenters. The number of rotatable bonds is 12. The summed E-state index contributed by atoms with van der Waals surface area (Å²) in [7, 11) is 0. The number of ether oxygens (including phenoxy) is 2. The number of halogens is 2. The summed E-state index contributed by atoms with van der Waals surface area (Å²) in [6.07, 6.45) is 3.05. The summed E-state index contributed by atoms with van der Waals surface area (Å²) in [5.74, 6) is -1.32. The van der Waals surface area contributed by atoms with Crippen LogP contribution < -0.4 is 20.3 Å². The molecular formula is C33H26Br2N4O6. The molecule has 10 nitrogen and oxygen atoms in total. The van der Waals surface area contributed by atoms with E-state index in [4.69, 9.17) is 9.47 Å². The van der Waals surface area contributed by atoms with Gasteiger partial charge in [0.05, 0.1) is 23.6 Å². The fourth-order valence-electron chi connectivity index (χ4n) is 3.76. The summed E-state index contributed by atoms with van der Waals surface area (Å²) >= 11 is 6.75. The molecule has 45 heavy (non-hydrogen) atoms. The smallest absolute Gasteiger partial charge is 0.343 e. The fraction of sp³-hybridized carbons (Fsp3) is 0.0909. The molecule has 0 bridgehead atoms. The highest BCUT2D eigenvalue weighted by atomic mass is 79.9. The van der Waals surface area contributed by atoms with Crippen molar-refractivity contribution < 1.29 is 28.7 Å². The summed E-state index contributed by atoms with van der Waals surface area (Å²) in [5.41, 5.74) is 6.54. The zero-order valence-corrected chi connectivity index (χ0v) is 26.8. The Morgan fingerprint density at radius 2 is 1.00 bits per heavy atom. The van der Waals surface area contributed by atoms with E-state index in [9.17, 15) is 19.2 Å². The van der Waals surface area contributed by atoms with Crippen LogP contribution in [0.4, 0.5) is 0 Å². The second kappa shape index (κ2) is 16.8. The van der Waals surface area contributed by atoms with Crippen LogP contribution in [0.2, 0.25) is 0 Å². The molecule has 0 saturated carbocycles. The first-order valence-electron chi connectivity index (χ1n) is 13.6. The van der Waals surface area contributed by atoms with Gasteiger partial charge in [-0.1, -0.05) is 68.3 Å². The van der Waals surface area contributed by atoms with E-state index in [1.165, 1.54) is 12.4 Å². The minimum atomic E-state index is -0.525. The second-order valence-electron chi connectivity index (χ2n) is 9.32. The van der Waals surface area contributed by atoms with Crippen LogP contribution in [-0.2, 0) is 9.59 Å². The third-order valence-electron chi connectivity index (χ3n) is 5.96. The molecule has 0 aliphatic heterocycles. The lowest BCUT2D eigenvalue weighted by atomic mass is 10.2. The first-order chi connectivity index (χ1) is 21.8. The standard InChI is InChI=1S/C33H26Br2N4O6/c34-26-14-16-28(44-32(42)22-8-3-1-4-9-22)24(18-26)20-36-38-30(40)12-7-13-31(41)39-37-21-25-19-27(35)15-17-29(25)45-33(43)23-10-5-2-6-11-23/h1-6,8-11,14-21H,7,12-13H2,(H,38,40)(H,39,41)/b36-20-,37-21-. The highest BCUT2D eigenvalue weighted by molar-refractivity contribution is 9.10. The van der Waals surface area contributed by atoms with Gasteiger partial charge in [-0.15, -0.1) is 0 Å². The van der Waals surface area contributed by atoms with E-state index in [-0.39, 0.29) is 30.8 Å². The summed E-state index contributed by atoms with van der Waals surface area (Å²) in [5, 5.41) is 7.92. The molecule has 4 aromatic rings. The number of esters is 2. The van der Waals surface area contributed by atoms with Crippen LogP contribution in [0.3, 0.4) is 0 Å². The van der Waals surface area contributed by atoms with E-state index in [1.54, 1.807) is 97.1 Å². The molecule has 0 radical (unpaired) electrons. The van der Waals surface area contributed by atoms with Gasteiger partial charge in [0.25, 0.3) is 0 Å². The molecule has 4 aromatic carbocycles.